The van der Waals surface area contributed by atoms with Crippen molar-refractivity contribution in [2.24, 2.45) is 0 Å². The first-order chi connectivity index (χ1) is 15.2. The number of rotatable bonds is 8. The maximum Gasteiger partial charge on any atom is 0.306 e. The first-order valence-corrected chi connectivity index (χ1v) is 10.2. The zero-order valence-electron chi connectivity index (χ0n) is 16.9. The van der Waals surface area contributed by atoms with Crippen LogP contribution in [0.4, 0.5) is 0 Å². The van der Waals surface area contributed by atoms with Gasteiger partial charge in [-0.2, -0.15) is 4.98 Å². The second-order valence-electron chi connectivity index (χ2n) is 7.03. The molecule has 1 aromatic heterocycles. The van der Waals surface area contributed by atoms with Crippen LogP contribution < -0.4 is 9.47 Å². The smallest absolute Gasteiger partial charge is 0.306 e. The Bertz CT molecular complexity index is 1050. The van der Waals surface area contributed by atoms with Crippen LogP contribution in [0.25, 0.3) is 11.4 Å². The molecule has 2 heterocycles. The van der Waals surface area contributed by atoms with Crippen molar-refractivity contribution >= 4 is 11.8 Å². The Morgan fingerprint density at radius 2 is 1.81 bits per heavy atom. The van der Waals surface area contributed by atoms with Gasteiger partial charge in [0, 0.05) is 30.4 Å². The molecule has 8 nitrogen and oxygen atoms in total. The number of fused-ring (bicyclic) bond motifs is 1. The third kappa shape index (κ3) is 5.48. The number of benzene rings is 2. The van der Waals surface area contributed by atoms with E-state index in [1.165, 1.54) is 0 Å². The normalized spacial score (nSPS) is 12.8. The Kier molecular flexibility index (Phi) is 6.56. The first-order valence-electron chi connectivity index (χ1n) is 10.2. The van der Waals surface area contributed by atoms with Crippen molar-refractivity contribution in [2.45, 2.75) is 25.7 Å². The molecule has 160 valence electrons. The van der Waals surface area contributed by atoms with Crippen molar-refractivity contribution in [3.8, 4) is 22.9 Å². The van der Waals surface area contributed by atoms with E-state index < -0.39 is 5.97 Å². The zero-order valence-corrected chi connectivity index (χ0v) is 16.9. The minimum atomic E-state index is -0.453. The third-order valence-electron chi connectivity index (χ3n) is 4.71. The Balaban J connectivity index is 1.21. The van der Waals surface area contributed by atoms with Gasteiger partial charge in [0.25, 0.3) is 0 Å². The Labute approximate surface area is 179 Å². The molecule has 8 heteroatoms. The van der Waals surface area contributed by atoms with Crippen molar-refractivity contribution in [1.29, 1.82) is 0 Å². The number of carbonyl (C=O) groups excluding carboxylic acids is 2. The van der Waals surface area contributed by atoms with Crippen LogP contribution in [-0.4, -0.2) is 41.7 Å². The van der Waals surface area contributed by atoms with Crippen LogP contribution in [0.5, 0.6) is 11.5 Å². The number of hydrogen-bond acceptors (Lipinski definition) is 8. The molecule has 0 unspecified atom stereocenters. The lowest BCUT2D eigenvalue weighted by molar-refractivity contribution is -0.142. The average molecular weight is 422 g/mol. The van der Waals surface area contributed by atoms with Gasteiger partial charge in [0.2, 0.25) is 11.7 Å². The average Bonchev–Trinajstić information content (AvgIpc) is 3.14. The lowest BCUT2D eigenvalue weighted by Gasteiger charge is -2.09. The number of hydrogen-bond donors (Lipinski definition) is 0. The van der Waals surface area contributed by atoms with Crippen molar-refractivity contribution in [3.63, 3.8) is 0 Å². The van der Waals surface area contributed by atoms with Crippen LogP contribution in [0.15, 0.2) is 53.1 Å². The quantitative estimate of drug-likeness (QED) is 0.401. The second kappa shape index (κ2) is 9.88. The second-order valence-corrected chi connectivity index (χ2v) is 7.03. The van der Waals surface area contributed by atoms with Gasteiger partial charge in [-0.05, 0) is 24.6 Å². The van der Waals surface area contributed by atoms with E-state index in [9.17, 15) is 9.59 Å². The molecule has 31 heavy (non-hydrogen) atoms. The Morgan fingerprint density at radius 1 is 1.00 bits per heavy atom. The van der Waals surface area contributed by atoms with Crippen LogP contribution in [0.3, 0.4) is 0 Å². The topological polar surface area (TPSA) is 101 Å². The molecule has 0 spiro atoms. The number of esters is 1. The van der Waals surface area contributed by atoms with Crippen LogP contribution in [0.2, 0.25) is 0 Å². The molecule has 2 aromatic carbocycles. The summed E-state index contributed by atoms with van der Waals surface area (Å²) in [6.07, 6.45) is 1.86. The van der Waals surface area contributed by atoms with Crippen LogP contribution in [-0.2, 0) is 16.0 Å². The van der Waals surface area contributed by atoms with Gasteiger partial charge in [-0.1, -0.05) is 35.5 Å². The summed E-state index contributed by atoms with van der Waals surface area (Å²) in [6.45, 7) is 0.790. The standard InChI is InChI=1S/C23H22N2O6/c26-18(17-10-11-19-20(14-17)29-13-5-12-28-19)15-30-22(27)9-4-8-21-24-23(25-31-21)16-6-2-1-3-7-16/h1-3,6-7,10-11,14H,4-5,8-9,12-13,15H2. The molecule has 1 aliphatic rings. The number of aromatic nitrogens is 2. The lowest BCUT2D eigenvalue weighted by atomic mass is 10.1. The van der Waals surface area contributed by atoms with Crippen LogP contribution in [0.1, 0.15) is 35.5 Å². The van der Waals surface area contributed by atoms with Gasteiger partial charge in [0.1, 0.15) is 0 Å². The van der Waals surface area contributed by atoms with E-state index in [1.54, 1.807) is 18.2 Å². The lowest BCUT2D eigenvalue weighted by Crippen LogP contribution is -2.14. The van der Waals surface area contributed by atoms with E-state index in [0.717, 1.165) is 12.0 Å². The van der Waals surface area contributed by atoms with E-state index in [-0.39, 0.29) is 18.8 Å². The first kappa shape index (κ1) is 20.6. The number of aryl methyl sites for hydroxylation is 1. The van der Waals surface area contributed by atoms with E-state index in [4.69, 9.17) is 18.7 Å². The maximum absolute atomic E-state index is 12.3. The molecule has 1 aliphatic heterocycles. The van der Waals surface area contributed by atoms with Crippen molar-refractivity contribution in [3.05, 3.63) is 60.0 Å². The molecule has 3 aromatic rings. The van der Waals surface area contributed by atoms with E-state index in [2.05, 4.69) is 10.1 Å². The molecule has 0 saturated carbocycles. The SMILES string of the molecule is O=C(CCCc1nc(-c2ccccc2)no1)OCC(=O)c1ccc2c(c1)OCCCO2. The predicted octanol–water partition coefficient (Wildman–Crippen LogP) is 3.65. The summed E-state index contributed by atoms with van der Waals surface area (Å²) < 4.78 is 21.5. The molecule has 0 saturated heterocycles. The summed E-state index contributed by atoms with van der Waals surface area (Å²) in [4.78, 5) is 28.7. The predicted molar refractivity (Wildman–Crippen MR) is 110 cm³/mol. The largest absolute Gasteiger partial charge is 0.490 e. The molecule has 0 aliphatic carbocycles. The number of nitrogens with zero attached hydrogens (tertiary/aromatic N) is 2. The summed E-state index contributed by atoms with van der Waals surface area (Å²) in [7, 11) is 0. The number of carbonyl (C=O) groups is 2. The highest BCUT2D eigenvalue weighted by Crippen LogP contribution is 2.30. The van der Waals surface area contributed by atoms with Gasteiger partial charge < -0.3 is 18.7 Å². The summed E-state index contributed by atoms with van der Waals surface area (Å²) >= 11 is 0. The summed E-state index contributed by atoms with van der Waals surface area (Å²) in [5.41, 5.74) is 1.28. The van der Waals surface area contributed by atoms with Gasteiger partial charge in [0.05, 0.1) is 13.2 Å². The maximum atomic E-state index is 12.3. The van der Waals surface area contributed by atoms with Crippen molar-refractivity contribution in [2.75, 3.05) is 19.8 Å². The molecule has 0 fully saturated rings. The van der Waals surface area contributed by atoms with E-state index in [0.29, 0.717) is 54.8 Å². The zero-order chi connectivity index (χ0) is 21.5. The highest BCUT2D eigenvalue weighted by atomic mass is 16.5. The third-order valence-corrected chi connectivity index (χ3v) is 4.71. The van der Waals surface area contributed by atoms with Crippen molar-refractivity contribution in [1.82, 2.24) is 10.1 Å². The van der Waals surface area contributed by atoms with Gasteiger partial charge in [-0.15, -0.1) is 0 Å². The molecular weight excluding hydrogens is 400 g/mol. The van der Waals surface area contributed by atoms with Gasteiger partial charge in [0.15, 0.2) is 23.9 Å². The fraction of sp³-hybridized carbons (Fsp3) is 0.304. The van der Waals surface area contributed by atoms with Gasteiger partial charge in [-0.3, -0.25) is 9.59 Å². The monoisotopic (exact) mass is 422 g/mol. The summed E-state index contributed by atoms with van der Waals surface area (Å²) in [5, 5.41) is 3.95. The Hall–Kier alpha value is -3.68. The Morgan fingerprint density at radius 3 is 2.65 bits per heavy atom. The molecule has 0 bridgehead atoms. The molecule has 0 amide bonds. The van der Waals surface area contributed by atoms with E-state index >= 15 is 0 Å². The summed E-state index contributed by atoms with van der Waals surface area (Å²) in [6, 6.07) is 14.5. The van der Waals surface area contributed by atoms with Gasteiger partial charge >= 0.3 is 5.97 Å². The molecule has 0 atom stereocenters. The molecule has 0 radical (unpaired) electrons. The van der Waals surface area contributed by atoms with E-state index in [1.807, 2.05) is 30.3 Å². The fourth-order valence-corrected chi connectivity index (χ4v) is 3.08. The summed E-state index contributed by atoms with van der Waals surface area (Å²) in [5.74, 6) is 1.36. The molecule has 4 rings (SSSR count). The molecule has 0 N–H and O–H groups in total. The minimum absolute atomic E-state index is 0.150. The number of Topliss-reactive ketones (excluding diaryl/α,β-unsaturated/α-hetero) is 1. The fourth-order valence-electron chi connectivity index (χ4n) is 3.08. The van der Waals surface area contributed by atoms with Gasteiger partial charge in [-0.25, -0.2) is 0 Å². The number of ketones is 1. The highest BCUT2D eigenvalue weighted by molar-refractivity contribution is 5.98. The minimum Gasteiger partial charge on any atom is -0.490 e. The number of ether oxygens (including phenoxy) is 3. The van der Waals surface area contributed by atoms with Crippen molar-refractivity contribution < 1.29 is 28.3 Å². The molecular formula is C23H22N2O6. The highest BCUT2D eigenvalue weighted by Gasteiger charge is 2.16. The van der Waals surface area contributed by atoms with Crippen LogP contribution >= 0.6 is 0 Å². The van der Waals surface area contributed by atoms with Crippen LogP contribution in [0, 0.1) is 0 Å².